The Kier molecular flexibility index (Phi) is 3.67. The Hall–Kier alpha value is -0.630. The molecule has 1 fully saturated rings. The Morgan fingerprint density at radius 1 is 1.46 bits per heavy atom. The number of hydrogen-bond donors (Lipinski definition) is 1. The maximum absolute atomic E-state index is 7.74. The normalized spacial score (nSPS) is 24.4. The van der Waals surface area contributed by atoms with Crippen molar-refractivity contribution in [3.63, 3.8) is 0 Å². The highest BCUT2D eigenvalue weighted by Gasteiger charge is 2.22. The molecule has 0 spiro atoms. The molecule has 2 nitrogen and oxygen atoms in total. The fourth-order valence-corrected chi connectivity index (χ4v) is 1.93. The summed E-state index contributed by atoms with van der Waals surface area (Å²) in [5.41, 5.74) is 3.30. The predicted molar refractivity (Wildman–Crippen MR) is 55.3 cm³/mol. The third kappa shape index (κ3) is 2.41. The van der Waals surface area contributed by atoms with Gasteiger partial charge in [0.2, 0.25) is 0 Å². The van der Waals surface area contributed by atoms with E-state index in [-0.39, 0.29) is 0 Å². The Labute approximate surface area is 80.5 Å². The van der Waals surface area contributed by atoms with E-state index in [4.69, 9.17) is 10.1 Å². The van der Waals surface area contributed by atoms with Crippen LogP contribution < -0.4 is 0 Å². The lowest BCUT2D eigenvalue weighted by molar-refractivity contribution is 0.190. The molecule has 0 amide bonds. The maximum atomic E-state index is 7.74. The summed E-state index contributed by atoms with van der Waals surface area (Å²) in [6.45, 7) is 7.83. The number of ether oxygens (including phenoxy) is 1. The number of rotatable bonds is 3. The fourth-order valence-electron chi connectivity index (χ4n) is 1.93. The quantitative estimate of drug-likeness (QED) is 0.667. The summed E-state index contributed by atoms with van der Waals surface area (Å²) in [4.78, 5) is 0. The van der Waals surface area contributed by atoms with Crippen LogP contribution in [0.25, 0.3) is 0 Å². The lowest BCUT2D eigenvalue weighted by atomic mass is 9.90. The van der Waals surface area contributed by atoms with Gasteiger partial charge in [-0.25, -0.2) is 0 Å². The highest BCUT2D eigenvalue weighted by Crippen LogP contribution is 2.26. The zero-order valence-electron chi connectivity index (χ0n) is 8.81. The van der Waals surface area contributed by atoms with E-state index < -0.39 is 0 Å². The summed E-state index contributed by atoms with van der Waals surface area (Å²) < 4.78 is 5.35. The van der Waals surface area contributed by atoms with Gasteiger partial charge in [0.15, 0.2) is 0 Å². The van der Waals surface area contributed by atoms with Gasteiger partial charge in [0, 0.05) is 18.2 Å². The Bertz CT molecular complexity index is 224. The molecule has 0 bridgehead atoms. The van der Waals surface area contributed by atoms with Crippen LogP contribution in [0.2, 0.25) is 0 Å². The molecule has 1 aliphatic rings. The average molecular weight is 181 g/mol. The molecule has 0 aliphatic carbocycles. The predicted octanol–water partition coefficient (Wildman–Crippen LogP) is 2.79. The van der Waals surface area contributed by atoms with E-state index in [9.17, 15) is 0 Å². The van der Waals surface area contributed by atoms with E-state index >= 15 is 0 Å². The minimum atomic E-state index is 0.484. The second-order valence-electron chi connectivity index (χ2n) is 3.73. The van der Waals surface area contributed by atoms with Gasteiger partial charge in [-0.3, -0.25) is 0 Å². The molecule has 1 heterocycles. The summed E-state index contributed by atoms with van der Waals surface area (Å²) in [7, 11) is 0. The molecule has 1 atom stereocenters. The second kappa shape index (κ2) is 4.56. The van der Waals surface area contributed by atoms with Crippen LogP contribution in [0, 0.1) is 11.3 Å². The van der Waals surface area contributed by atoms with Gasteiger partial charge < -0.3 is 10.1 Å². The van der Waals surface area contributed by atoms with E-state index in [2.05, 4.69) is 13.8 Å². The van der Waals surface area contributed by atoms with Gasteiger partial charge >= 0.3 is 0 Å². The van der Waals surface area contributed by atoms with E-state index in [0.29, 0.717) is 5.92 Å². The van der Waals surface area contributed by atoms with Crippen molar-refractivity contribution in [1.82, 2.24) is 0 Å². The first-order valence-electron chi connectivity index (χ1n) is 4.99. The lowest BCUT2D eigenvalue weighted by Gasteiger charge is -2.15. The molecule has 0 aromatic carbocycles. The third-order valence-electron chi connectivity index (χ3n) is 2.73. The SMILES string of the molecule is CCC(C)=C(C(C)=N)C1CCOC1. The average Bonchev–Trinajstić information content (AvgIpc) is 2.56. The van der Waals surface area contributed by atoms with Crippen molar-refractivity contribution in [3.8, 4) is 0 Å². The molecule has 0 saturated carbocycles. The molecule has 1 rings (SSSR count). The minimum Gasteiger partial charge on any atom is -0.381 e. The second-order valence-corrected chi connectivity index (χ2v) is 3.73. The standard InChI is InChI=1S/C11H19NO/c1-4-8(2)11(9(3)12)10-5-6-13-7-10/h10,12H,4-7H2,1-3H3. The summed E-state index contributed by atoms with van der Waals surface area (Å²) >= 11 is 0. The lowest BCUT2D eigenvalue weighted by Crippen LogP contribution is -2.12. The summed E-state index contributed by atoms with van der Waals surface area (Å²) in [5.74, 6) is 0.484. The zero-order valence-corrected chi connectivity index (χ0v) is 8.81. The topological polar surface area (TPSA) is 33.1 Å². The monoisotopic (exact) mass is 181 g/mol. The first-order chi connectivity index (χ1) is 6.16. The summed E-state index contributed by atoms with van der Waals surface area (Å²) in [5, 5.41) is 7.74. The van der Waals surface area contributed by atoms with Crippen molar-refractivity contribution in [2.24, 2.45) is 5.92 Å². The Balaban J connectivity index is 2.84. The van der Waals surface area contributed by atoms with E-state index in [0.717, 1.165) is 31.8 Å². The van der Waals surface area contributed by atoms with Crippen LogP contribution >= 0.6 is 0 Å². The highest BCUT2D eigenvalue weighted by atomic mass is 16.5. The van der Waals surface area contributed by atoms with Crippen molar-refractivity contribution < 1.29 is 4.74 Å². The number of allylic oxidation sites excluding steroid dienone is 1. The summed E-state index contributed by atoms with van der Waals surface area (Å²) in [6, 6.07) is 0. The molecule has 0 radical (unpaired) electrons. The zero-order chi connectivity index (χ0) is 9.84. The van der Waals surface area contributed by atoms with Crippen LogP contribution in [0.4, 0.5) is 0 Å². The van der Waals surface area contributed by atoms with Gasteiger partial charge in [0.1, 0.15) is 0 Å². The van der Waals surface area contributed by atoms with Gasteiger partial charge in [-0.15, -0.1) is 0 Å². The van der Waals surface area contributed by atoms with Crippen molar-refractivity contribution in [2.45, 2.75) is 33.6 Å². The van der Waals surface area contributed by atoms with Crippen LogP contribution in [0.1, 0.15) is 33.6 Å². The van der Waals surface area contributed by atoms with Crippen molar-refractivity contribution >= 4 is 5.71 Å². The molecule has 13 heavy (non-hydrogen) atoms. The van der Waals surface area contributed by atoms with Gasteiger partial charge in [-0.05, 0) is 32.3 Å². The van der Waals surface area contributed by atoms with Gasteiger partial charge in [0.25, 0.3) is 0 Å². The maximum Gasteiger partial charge on any atom is 0.0536 e. The van der Waals surface area contributed by atoms with Gasteiger partial charge in [0.05, 0.1) is 6.61 Å². The van der Waals surface area contributed by atoms with E-state index in [1.54, 1.807) is 0 Å². The molecule has 0 aromatic heterocycles. The molecule has 0 aromatic rings. The van der Waals surface area contributed by atoms with Crippen LogP contribution in [0.5, 0.6) is 0 Å². The largest absolute Gasteiger partial charge is 0.381 e. The Morgan fingerprint density at radius 3 is 2.54 bits per heavy atom. The van der Waals surface area contributed by atoms with Crippen LogP contribution in [-0.2, 0) is 4.74 Å². The third-order valence-corrected chi connectivity index (χ3v) is 2.73. The molecule has 2 heteroatoms. The van der Waals surface area contributed by atoms with Crippen LogP contribution in [0.3, 0.4) is 0 Å². The fraction of sp³-hybridized carbons (Fsp3) is 0.727. The van der Waals surface area contributed by atoms with Crippen LogP contribution in [-0.4, -0.2) is 18.9 Å². The van der Waals surface area contributed by atoms with Crippen molar-refractivity contribution in [2.75, 3.05) is 13.2 Å². The molecule has 1 unspecified atom stereocenters. The Morgan fingerprint density at radius 2 is 2.15 bits per heavy atom. The summed E-state index contributed by atoms with van der Waals surface area (Å²) in [6.07, 6.45) is 2.13. The number of hydrogen-bond acceptors (Lipinski definition) is 2. The molecule has 74 valence electrons. The van der Waals surface area contributed by atoms with Crippen molar-refractivity contribution in [1.29, 1.82) is 5.41 Å². The van der Waals surface area contributed by atoms with Crippen molar-refractivity contribution in [3.05, 3.63) is 11.1 Å². The minimum absolute atomic E-state index is 0.484. The first-order valence-corrected chi connectivity index (χ1v) is 4.99. The van der Waals surface area contributed by atoms with Gasteiger partial charge in [-0.2, -0.15) is 0 Å². The molecule has 1 N–H and O–H groups in total. The molecular formula is C11H19NO. The number of nitrogens with one attached hydrogen (secondary N) is 1. The highest BCUT2D eigenvalue weighted by molar-refractivity contribution is 5.96. The smallest absolute Gasteiger partial charge is 0.0536 e. The molecule has 1 saturated heterocycles. The molecule has 1 aliphatic heterocycles. The van der Waals surface area contributed by atoms with Crippen LogP contribution in [0.15, 0.2) is 11.1 Å². The van der Waals surface area contributed by atoms with E-state index in [1.165, 1.54) is 11.1 Å². The first kappa shape index (κ1) is 10.5. The molecular weight excluding hydrogens is 162 g/mol. The van der Waals surface area contributed by atoms with E-state index in [1.807, 2.05) is 6.92 Å². The van der Waals surface area contributed by atoms with Gasteiger partial charge in [-0.1, -0.05) is 12.5 Å².